The molecule has 0 unspecified atom stereocenters. The Morgan fingerprint density at radius 1 is 0.667 bits per heavy atom. The summed E-state index contributed by atoms with van der Waals surface area (Å²) in [5.41, 5.74) is 2.63. The summed E-state index contributed by atoms with van der Waals surface area (Å²) in [5, 5.41) is 12.6. The highest BCUT2D eigenvalue weighted by Crippen LogP contribution is 2.19. The van der Waals surface area contributed by atoms with Gasteiger partial charge >= 0.3 is 8.80 Å². The first-order valence-electron chi connectivity index (χ1n) is 8.72. The summed E-state index contributed by atoms with van der Waals surface area (Å²) in [6.07, 6.45) is 0. The Balaban J connectivity index is 5.46. The third-order valence-corrected chi connectivity index (χ3v) is 5.90. The van der Waals surface area contributed by atoms with Gasteiger partial charge in [0.15, 0.2) is 0 Å². The first-order chi connectivity index (χ1) is 11.0. The molecule has 0 fully saturated rings. The minimum Gasteiger partial charge on any atom is -0.373 e. The maximum atomic E-state index is 5.73. The predicted molar refractivity (Wildman–Crippen MR) is 103 cm³/mol. The number of nitrogens with zero attached hydrogens (tertiary/aromatic N) is 3. The lowest BCUT2D eigenvalue weighted by Gasteiger charge is -2.22. The monoisotopic (exact) mass is 357 g/mol. The standard InChI is InChI=1S/C17H35N3O3Si/c1-11-24(21-18-15(8)12(2)3,22-19-16(9)13(4)5)23-20-17(10)14(6)7/h12-14H,11H2,1-10H3. The first kappa shape index (κ1) is 22.6. The van der Waals surface area contributed by atoms with E-state index in [9.17, 15) is 0 Å². The summed E-state index contributed by atoms with van der Waals surface area (Å²) in [5.74, 6) is 0.862. The van der Waals surface area contributed by atoms with Crippen molar-refractivity contribution < 1.29 is 13.6 Å². The van der Waals surface area contributed by atoms with Crippen molar-refractivity contribution in [3.8, 4) is 0 Å². The van der Waals surface area contributed by atoms with Crippen LogP contribution in [0.3, 0.4) is 0 Å². The van der Waals surface area contributed by atoms with E-state index in [2.05, 4.69) is 57.0 Å². The van der Waals surface area contributed by atoms with Crippen molar-refractivity contribution in [3.05, 3.63) is 0 Å². The fourth-order valence-corrected chi connectivity index (χ4v) is 2.32. The molecule has 0 atom stereocenters. The average Bonchev–Trinajstić information content (AvgIpc) is 2.53. The van der Waals surface area contributed by atoms with Crippen molar-refractivity contribution in [3.63, 3.8) is 0 Å². The molecule has 0 saturated heterocycles. The van der Waals surface area contributed by atoms with Gasteiger partial charge < -0.3 is 13.6 Å². The second-order valence-corrected chi connectivity index (χ2v) is 9.59. The summed E-state index contributed by atoms with van der Waals surface area (Å²) in [6.45, 7) is 20.0. The van der Waals surface area contributed by atoms with Crippen molar-refractivity contribution in [1.29, 1.82) is 0 Å². The molecule has 7 heteroatoms. The van der Waals surface area contributed by atoms with Crippen LogP contribution in [-0.4, -0.2) is 25.9 Å². The predicted octanol–water partition coefficient (Wildman–Crippen LogP) is 5.09. The molecule has 0 spiro atoms. The van der Waals surface area contributed by atoms with Crippen molar-refractivity contribution in [2.75, 3.05) is 0 Å². The smallest absolute Gasteiger partial charge is 0.373 e. The summed E-state index contributed by atoms with van der Waals surface area (Å²) in [7, 11) is -3.16. The Labute approximate surface area is 148 Å². The molecule has 0 amide bonds. The van der Waals surface area contributed by atoms with Gasteiger partial charge in [-0.3, -0.25) is 0 Å². The summed E-state index contributed by atoms with van der Waals surface area (Å²) in [4.78, 5) is 0. The van der Waals surface area contributed by atoms with E-state index < -0.39 is 8.80 Å². The molecular weight excluding hydrogens is 322 g/mol. The van der Waals surface area contributed by atoms with Gasteiger partial charge in [0, 0.05) is 0 Å². The highest BCUT2D eigenvalue weighted by Gasteiger charge is 2.50. The van der Waals surface area contributed by atoms with Crippen LogP contribution in [0.2, 0.25) is 6.04 Å². The zero-order chi connectivity index (χ0) is 18.9. The maximum Gasteiger partial charge on any atom is 0.762 e. The molecule has 6 nitrogen and oxygen atoms in total. The molecule has 0 aromatic rings. The average molecular weight is 358 g/mol. The van der Waals surface area contributed by atoms with E-state index in [0.29, 0.717) is 6.04 Å². The fraction of sp³-hybridized carbons (Fsp3) is 0.824. The second kappa shape index (κ2) is 10.5. The molecule has 0 heterocycles. The lowest BCUT2D eigenvalue weighted by molar-refractivity contribution is 0.0659. The lowest BCUT2D eigenvalue weighted by Crippen LogP contribution is -2.42. The molecule has 0 rings (SSSR count). The van der Waals surface area contributed by atoms with Gasteiger partial charge in [-0.15, -0.1) is 15.5 Å². The van der Waals surface area contributed by atoms with Crippen LogP contribution in [0, 0.1) is 17.8 Å². The minimum atomic E-state index is -3.16. The van der Waals surface area contributed by atoms with Crippen LogP contribution in [0.1, 0.15) is 69.2 Å². The Hall–Kier alpha value is -1.37. The van der Waals surface area contributed by atoms with Gasteiger partial charge in [0.25, 0.3) is 0 Å². The molecule has 0 N–H and O–H groups in total. The minimum absolute atomic E-state index is 0.287. The third kappa shape index (κ3) is 7.94. The molecule has 0 aliphatic carbocycles. The van der Waals surface area contributed by atoms with Gasteiger partial charge in [-0.05, 0) is 38.5 Å². The third-order valence-electron chi connectivity index (χ3n) is 3.93. The first-order valence-corrected chi connectivity index (χ1v) is 10.7. The van der Waals surface area contributed by atoms with E-state index in [-0.39, 0.29) is 17.8 Å². The highest BCUT2D eigenvalue weighted by molar-refractivity contribution is 6.60. The van der Waals surface area contributed by atoms with E-state index in [1.54, 1.807) is 0 Å². The van der Waals surface area contributed by atoms with Gasteiger partial charge in [-0.2, -0.15) is 0 Å². The van der Waals surface area contributed by atoms with Crippen LogP contribution in [0.15, 0.2) is 15.5 Å². The van der Waals surface area contributed by atoms with Crippen molar-refractivity contribution in [2.24, 2.45) is 33.2 Å². The van der Waals surface area contributed by atoms with Crippen molar-refractivity contribution in [2.45, 2.75) is 75.3 Å². The summed E-state index contributed by atoms with van der Waals surface area (Å²) >= 11 is 0. The zero-order valence-corrected chi connectivity index (χ0v) is 18.0. The molecule has 0 aromatic heterocycles. The van der Waals surface area contributed by atoms with Crippen LogP contribution in [0.25, 0.3) is 0 Å². The second-order valence-electron chi connectivity index (χ2n) is 6.97. The van der Waals surface area contributed by atoms with Crippen LogP contribution < -0.4 is 0 Å². The van der Waals surface area contributed by atoms with Gasteiger partial charge in [0.2, 0.25) is 0 Å². The topological polar surface area (TPSA) is 64.8 Å². The molecule has 140 valence electrons. The van der Waals surface area contributed by atoms with Crippen LogP contribution in [-0.2, 0) is 13.6 Å². The van der Waals surface area contributed by atoms with Crippen LogP contribution in [0.4, 0.5) is 0 Å². The van der Waals surface area contributed by atoms with E-state index >= 15 is 0 Å². The molecule has 0 aliphatic rings. The fourth-order valence-electron chi connectivity index (χ4n) is 0.984. The normalized spacial score (nSPS) is 16.6. The van der Waals surface area contributed by atoms with Gasteiger partial charge in [-0.1, -0.05) is 48.5 Å². The van der Waals surface area contributed by atoms with E-state index in [1.165, 1.54) is 0 Å². The van der Waals surface area contributed by atoms with Gasteiger partial charge in [-0.25, -0.2) is 0 Å². The maximum absolute atomic E-state index is 5.73. The number of hydrogen-bond acceptors (Lipinski definition) is 6. The van der Waals surface area contributed by atoms with E-state index in [4.69, 9.17) is 13.6 Å². The van der Waals surface area contributed by atoms with E-state index in [0.717, 1.165) is 17.1 Å². The van der Waals surface area contributed by atoms with Gasteiger partial charge in [0.05, 0.1) is 23.2 Å². The number of oxime groups is 3. The molecule has 0 bridgehead atoms. The Morgan fingerprint density at radius 3 is 1.08 bits per heavy atom. The summed E-state index contributed by atoms with van der Waals surface area (Å²) < 4.78 is 17.2. The van der Waals surface area contributed by atoms with Crippen molar-refractivity contribution >= 4 is 25.9 Å². The van der Waals surface area contributed by atoms with Gasteiger partial charge in [0.1, 0.15) is 0 Å². The quantitative estimate of drug-likeness (QED) is 0.311. The Bertz CT molecular complexity index is 407. The number of rotatable bonds is 10. The molecule has 0 aromatic carbocycles. The lowest BCUT2D eigenvalue weighted by atomic mass is 10.1. The highest BCUT2D eigenvalue weighted by atomic mass is 28.4. The molecule has 24 heavy (non-hydrogen) atoms. The van der Waals surface area contributed by atoms with Crippen LogP contribution in [0.5, 0.6) is 0 Å². The number of hydrogen-bond donors (Lipinski definition) is 0. The zero-order valence-electron chi connectivity index (χ0n) is 17.0. The van der Waals surface area contributed by atoms with Crippen molar-refractivity contribution in [1.82, 2.24) is 0 Å². The summed E-state index contributed by atoms with van der Waals surface area (Å²) in [6, 6.07) is 0.519. The van der Waals surface area contributed by atoms with Crippen LogP contribution >= 0.6 is 0 Å². The molecule has 0 radical (unpaired) electrons. The Kier molecular flexibility index (Phi) is 9.88. The largest absolute Gasteiger partial charge is 0.762 e. The SMILES string of the molecule is CC[Si](ON=C(C)C(C)C)(ON=C(C)C(C)C)ON=C(C)C(C)C. The molecular formula is C17H35N3O3Si. The molecule has 0 aliphatic heterocycles. The molecule has 0 saturated carbocycles. The Morgan fingerprint density at radius 2 is 0.917 bits per heavy atom. The van der Waals surface area contributed by atoms with E-state index in [1.807, 2.05) is 27.7 Å².